The molecule has 0 atom stereocenters. The predicted octanol–water partition coefficient (Wildman–Crippen LogP) is -1.65. The van der Waals surface area contributed by atoms with E-state index in [9.17, 15) is 9.59 Å². The number of anilines is 1. The molecule has 0 radical (unpaired) electrons. The van der Waals surface area contributed by atoms with Crippen molar-refractivity contribution in [3.8, 4) is 0 Å². The van der Waals surface area contributed by atoms with E-state index in [-0.39, 0.29) is 0 Å². The molecule has 0 aliphatic heterocycles. The maximum Gasteiger partial charge on any atom is 0.332 e. The van der Waals surface area contributed by atoms with Gasteiger partial charge >= 0.3 is 5.69 Å². The van der Waals surface area contributed by atoms with Gasteiger partial charge in [-0.2, -0.15) is 4.98 Å². The van der Waals surface area contributed by atoms with Crippen LogP contribution in [0.3, 0.4) is 0 Å². The van der Waals surface area contributed by atoms with E-state index in [4.69, 9.17) is 10.5 Å². The summed E-state index contributed by atoms with van der Waals surface area (Å²) in [5.41, 5.74) is 5.11. The third-order valence-electron chi connectivity index (χ3n) is 2.90. The Hall–Kier alpha value is -2.13. The largest absolute Gasteiger partial charge is 0.378 e. The van der Waals surface area contributed by atoms with Gasteiger partial charge in [-0.3, -0.25) is 13.9 Å². The van der Waals surface area contributed by atoms with Crippen molar-refractivity contribution in [3.05, 3.63) is 20.8 Å². The summed E-state index contributed by atoms with van der Waals surface area (Å²) in [5, 5.41) is 2.99. The fourth-order valence-electron chi connectivity index (χ4n) is 1.84. The van der Waals surface area contributed by atoms with Gasteiger partial charge in [0.05, 0.1) is 13.2 Å². The average molecular weight is 282 g/mol. The third-order valence-corrected chi connectivity index (χ3v) is 2.90. The molecule has 0 aliphatic carbocycles. The van der Waals surface area contributed by atoms with Crippen LogP contribution in [0.2, 0.25) is 0 Å². The van der Waals surface area contributed by atoms with E-state index in [1.54, 1.807) is 7.05 Å². The number of rotatable bonds is 6. The summed E-state index contributed by atoms with van der Waals surface area (Å²) in [4.78, 5) is 30.8. The molecular formula is C11H18N6O3. The van der Waals surface area contributed by atoms with E-state index in [0.29, 0.717) is 43.4 Å². The molecule has 2 aromatic rings. The Morgan fingerprint density at radius 2 is 2.05 bits per heavy atom. The number of aromatic amines is 1. The molecule has 0 amide bonds. The van der Waals surface area contributed by atoms with Crippen LogP contribution in [-0.4, -0.2) is 45.4 Å². The van der Waals surface area contributed by atoms with Gasteiger partial charge in [0.25, 0.3) is 5.56 Å². The Morgan fingerprint density at radius 1 is 1.30 bits per heavy atom. The molecule has 0 aliphatic rings. The number of hydrogen-bond donors (Lipinski definition) is 3. The quantitative estimate of drug-likeness (QED) is 0.546. The number of ether oxygens (including phenoxy) is 1. The molecule has 110 valence electrons. The number of H-pyrrole nitrogens is 1. The number of aromatic nitrogens is 4. The van der Waals surface area contributed by atoms with Gasteiger partial charge in [-0.25, -0.2) is 4.79 Å². The number of nitrogens with two attached hydrogens (primary N) is 1. The molecule has 0 saturated heterocycles. The highest BCUT2D eigenvalue weighted by Gasteiger charge is 2.12. The van der Waals surface area contributed by atoms with Crippen molar-refractivity contribution < 1.29 is 4.74 Å². The van der Waals surface area contributed by atoms with Crippen molar-refractivity contribution in [2.45, 2.75) is 0 Å². The molecule has 2 aromatic heterocycles. The number of nitrogens with one attached hydrogen (secondary N) is 2. The SMILES string of the molecule is Cn1c(=O)c2[nH]c(NCCOCCN)nc2n(C)c1=O. The first-order chi connectivity index (χ1) is 9.56. The zero-order chi connectivity index (χ0) is 14.7. The number of aryl methyl sites for hydroxylation is 1. The van der Waals surface area contributed by atoms with Crippen LogP contribution in [0, 0.1) is 0 Å². The van der Waals surface area contributed by atoms with Gasteiger partial charge in [0.2, 0.25) is 5.95 Å². The van der Waals surface area contributed by atoms with Crippen LogP contribution in [0.25, 0.3) is 11.2 Å². The summed E-state index contributed by atoms with van der Waals surface area (Å²) in [6, 6.07) is 0. The summed E-state index contributed by atoms with van der Waals surface area (Å²) in [7, 11) is 3.00. The van der Waals surface area contributed by atoms with E-state index in [1.165, 1.54) is 11.6 Å². The molecule has 2 heterocycles. The van der Waals surface area contributed by atoms with Crippen LogP contribution in [0.4, 0.5) is 5.95 Å². The molecule has 9 nitrogen and oxygen atoms in total. The molecule has 0 bridgehead atoms. The molecule has 0 unspecified atom stereocenters. The first-order valence-corrected chi connectivity index (χ1v) is 6.23. The number of imidazole rings is 1. The predicted molar refractivity (Wildman–Crippen MR) is 74.9 cm³/mol. The Labute approximate surface area is 114 Å². The Balaban J connectivity index is 2.22. The van der Waals surface area contributed by atoms with Crippen molar-refractivity contribution >= 4 is 17.1 Å². The van der Waals surface area contributed by atoms with Gasteiger partial charge in [0, 0.05) is 27.2 Å². The molecule has 9 heteroatoms. The molecular weight excluding hydrogens is 264 g/mol. The van der Waals surface area contributed by atoms with Gasteiger partial charge in [-0.15, -0.1) is 0 Å². The summed E-state index contributed by atoms with van der Waals surface area (Å²) in [6.07, 6.45) is 0. The fourth-order valence-corrected chi connectivity index (χ4v) is 1.84. The first kappa shape index (κ1) is 14.3. The average Bonchev–Trinajstić information content (AvgIpc) is 2.87. The Bertz CT molecular complexity index is 713. The standard InChI is InChI=1S/C11H18N6O3/c1-16-8-7(9(18)17(2)11(16)19)14-10(15-8)13-4-6-20-5-3-12/h3-6,12H2,1-2H3,(H2,13,14,15). The van der Waals surface area contributed by atoms with Crippen LogP contribution in [0.15, 0.2) is 9.59 Å². The summed E-state index contributed by atoms with van der Waals surface area (Å²) in [5.74, 6) is 0.426. The lowest BCUT2D eigenvalue weighted by Crippen LogP contribution is -2.36. The Kier molecular flexibility index (Phi) is 4.20. The summed E-state index contributed by atoms with van der Waals surface area (Å²) < 4.78 is 7.57. The van der Waals surface area contributed by atoms with Crippen LogP contribution < -0.4 is 22.3 Å². The highest BCUT2D eigenvalue weighted by Crippen LogP contribution is 2.07. The zero-order valence-electron chi connectivity index (χ0n) is 11.5. The third kappa shape index (κ3) is 2.58. The van der Waals surface area contributed by atoms with E-state index in [2.05, 4.69) is 15.3 Å². The van der Waals surface area contributed by atoms with Crippen molar-refractivity contribution in [1.82, 2.24) is 19.1 Å². The van der Waals surface area contributed by atoms with Crippen LogP contribution >= 0.6 is 0 Å². The van der Waals surface area contributed by atoms with Crippen LogP contribution in [0.1, 0.15) is 0 Å². The smallest absolute Gasteiger partial charge is 0.332 e. The second kappa shape index (κ2) is 5.88. The van der Waals surface area contributed by atoms with Gasteiger partial charge < -0.3 is 20.8 Å². The van der Waals surface area contributed by atoms with Crippen molar-refractivity contribution in [3.63, 3.8) is 0 Å². The lowest BCUT2D eigenvalue weighted by molar-refractivity contribution is 0.151. The second-order valence-electron chi connectivity index (χ2n) is 4.32. The van der Waals surface area contributed by atoms with Gasteiger partial charge in [-0.05, 0) is 0 Å². The number of hydrogen-bond acceptors (Lipinski definition) is 6. The normalized spacial score (nSPS) is 11.2. The first-order valence-electron chi connectivity index (χ1n) is 6.23. The summed E-state index contributed by atoms with van der Waals surface area (Å²) >= 11 is 0. The van der Waals surface area contributed by atoms with Crippen LogP contribution in [0.5, 0.6) is 0 Å². The molecule has 0 aromatic carbocycles. The minimum Gasteiger partial charge on any atom is -0.378 e. The zero-order valence-corrected chi connectivity index (χ0v) is 11.5. The number of fused-ring (bicyclic) bond motifs is 1. The van der Waals surface area contributed by atoms with Gasteiger partial charge in [-0.1, -0.05) is 0 Å². The topological polar surface area (TPSA) is 120 Å². The molecule has 0 saturated carbocycles. The van der Waals surface area contributed by atoms with Crippen LogP contribution in [-0.2, 0) is 18.8 Å². The highest BCUT2D eigenvalue weighted by molar-refractivity contribution is 5.72. The molecule has 0 fully saturated rings. The Morgan fingerprint density at radius 3 is 2.75 bits per heavy atom. The molecule has 2 rings (SSSR count). The minimum absolute atomic E-state index is 0.292. The van der Waals surface area contributed by atoms with Crippen molar-refractivity contribution in [2.75, 3.05) is 31.6 Å². The van der Waals surface area contributed by atoms with E-state index in [1.807, 2.05) is 0 Å². The van der Waals surface area contributed by atoms with E-state index >= 15 is 0 Å². The summed E-state index contributed by atoms with van der Waals surface area (Å²) in [6.45, 7) is 1.97. The maximum atomic E-state index is 11.9. The minimum atomic E-state index is -0.410. The molecule has 4 N–H and O–H groups in total. The van der Waals surface area contributed by atoms with Crippen molar-refractivity contribution in [1.29, 1.82) is 0 Å². The second-order valence-corrected chi connectivity index (χ2v) is 4.32. The lowest BCUT2D eigenvalue weighted by Gasteiger charge is -2.02. The fraction of sp³-hybridized carbons (Fsp3) is 0.545. The molecule has 0 spiro atoms. The number of nitrogens with zero attached hydrogens (tertiary/aromatic N) is 3. The van der Waals surface area contributed by atoms with E-state index < -0.39 is 11.2 Å². The van der Waals surface area contributed by atoms with Gasteiger partial charge in [0.15, 0.2) is 11.2 Å². The highest BCUT2D eigenvalue weighted by atomic mass is 16.5. The maximum absolute atomic E-state index is 11.9. The molecule has 20 heavy (non-hydrogen) atoms. The lowest BCUT2D eigenvalue weighted by atomic mass is 10.5. The van der Waals surface area contributed by atoms with E-state index in [0.717, 1.165) is 4.57 Å². The van der Waals surface area contributed by atoms with Crippen molar-refractivity contribution in [2.24, 2.45) is 19.8 Å². The monoisotopic (exact) mass is 282 g/mol. The van der Waals surface area contributed by atoms with Gasteiger partial charge in [0.1, 0.15) is 0 Å².